The molecule has 0 aliphatic heterocycles. The lowest BCUT2D eigenvalue weighted by Gasteiger charge is -2.08. The first-order valence-electron chi connectivity index (χ1n) is 5.14. The highest BCUT2D eigenvalue weighted by Gasteiger charge is 2.27. The Morgan fingerprint density at radius 1 is 1.21 bits per heavy atom. The van der Waals surface area contributed by atoms with Crippen molar-refractivity contribution in [2.45, 2.75) is 6.18 Å². The van der Waals surface area contributed by atoms with Crippen LogP contribution in [0.25, 0.3) is 6.08 Å². The van der Waals surface area contributed by atoms with Gasteiger partial charge in [-0.05, 0) is 23.8 Å². The largest absolute Gasteiger partial charge is 0.478 e. The molecule has 4 nitrogen and oxygen atoms in total. The Bertz CT molecular complexity index is 492. The molecule has 0 aromatic heterocycles. The van der Waals surface area contributed by atoms with Crippen LogP contribution < -0.4 is 5.32 Å². The van der Waals surface area contributed by atoms with E-state index in [0.29, 0.717) is 5.56 Å². The van der Waals surface area contributed by atoms with Gasteiger partial charge in [0.05, 0.1) is 0 Å². The summed E-state index contributed by atoms with van der Waals surface area (Å²) in [6, 6.07) is 5.49. The monoisotopic (exact) mass is 273 g/mol. The lowest BCUT2D eigenvalue weighted by Crippen LogP contribution is -2.33. The Labute approximate surface area is 106 Å². The molecular formula is C12H10F3NO3. The highest BCUT2D eigenvalue weighted by Crippen LogP contribution is 2.13. The van der Waals surface area contributed by atoms with Gasteiger partial charge in [0.2, 0.25) is 0 Å². The highest BCUT2D eigenvalue weighted by atomic mass is 19.4. The number of carbonyl (C=O) groups excluding carboxylic acids is 1. The zero-order valence-corrected chi connectivity index (χ0v) is 9.57. The molecule has 0 spiro atoms. The minimum atomic E-state index is -4.46. The van der Waals surface area contributed by atoms with E-state index in [2.05, 4.69) is 0 Å². The van der Waals surface area contributed by atoms with Gasteiger partial charge in [0.15, 0.2) is 0 Å². The van der Waals surface area contributed by atoms with Gasteiger partial charge in [0, 0.05) is 11.6 Å². The molecule has 0 aliphatic carbocycles. The Morgan fingerprint density at radius 2 is 1.79 bits per heavy atom. The fraction of sp³-hybridized carbons (Fsp3) is 0.167. The Morgan fingerprint density at radius 3 is 2.26 bits per heavy atom. The van der Waals surface area contributed by atoms with Crippen molar-refractivity contribution < 1.29 is 27.9 Å². The van der Waals surface area contributed by atoms with E-state index < -0.39 is 24.6 Å². The number of alkyl halides is 3. The van der Waals surface area contributed by atoms with Gasteiger partial charge < -0.3 is 10.4 Å². The summed E-state index contributed by atoms with van der Waals surface area (Å²) in [5, 5.41) is 10.1. The summed E-state index contributed by atoms with van der Waals surface area (Å²) < 4.78 is 35.7. The van der Waals surface area contributed by atoms with Crippen LogP contribution in [0.2, 0.25) is 0 Å². The first-order chi connectivity index (χ1) is 8.78. The second kappa shape index (κ2) is 6.03. The van der Waals surface area contributed by atoms with Gasteiger partial charge in [-0.2, -0.15) is 13.2 Å². The van der Waals surface area contributed by atoms with Crippen LogP contribution in [0.4, 0.5) is 13.2 Å². The number of nitrogens with one attached hydrogen (secondary N) is 1. The molecule has 0 saturated heterocycles. The van der Waals surface area contributed by atoms with Gasteiger partial charge >= 0.3 is 12.1 Å². The average Bonchev–Trinajstić information content (AvgIpc) is 2.33. The van der Waals surface area contributed by atoms with Crippen LogP contribution in [0, 0.1) is 0 Å². The molecule has 1 rings (SSSR count). The van der Waals surface area contributed by atoms with Gasteiger partial charge in [-0.3, -0.25) is 4.79 Å². The van der Waals surface area contributed by atoms with Crippen LogP contribution in [0.15, 0.2) is 30.3 Å². The van der Waals surface area contributed by atoms with Crippen molar-refractivity contribution in [3.8, 4) is 0 Å². The summed E-state index contributed by atoms with van der Waals surface area (Å²) in [4.78, 5) is 21.6. The predicted octanol–water partition coefficient (Wildman–Crippen LogP) is 2.08. The van der Waals surface area contributed by atoms with Gasteiger partial charge in [-0.1, -0.05) is 12.1 Å². The minimum absolute atomic E-state index is 0.0664. The normalized spacial score (nSPS) is 11.5. The van der Waals surface area contributed by atoms with Crippen molar-refractivity contribution in [1.82, 2.24) is 5.32 Å². The van der Waals surface area contributed by atoms with Crippen LogP contribution in [-0.4, -0.2) is 29.7 Å². The second-order valence-electron chi connectivity index (χ2n) is 3.59. The smallest absolute Gasteiger partial charge is 0.405 e. The first kappa shape index (κ1) is 14.7. The number of hydrogen-bond donors (Lipinski definition) is 2. The molecule has 0 radical (unpaired) electrons. The maximum absolute atomic E-state index is 11.9. The van der Waals surface area contributed by atoms with Crippen molar-refractivity contribution >= 4 is 18.0 Å². The van der Waals surface area contributed by atoms with E-state index in [0.717, 1.165) is 6.08 Å². The number of amides is 1. The van der Waals surface area contributed by atoms with E-state index in [-0.39, 0.29) is 5.56 Å². The predicted molar refractivity (Wildman–Crippen MR) is 61.5 cm³/mol. The molecule has 1 aromatic carbocycles. The molecule has 0 unspecified atom stereocenters. The van der Waals surface area contributed by atoms with Gasteiger partial charge in [-0.15, -0.1) is 0 Å². The molecule has 0 aliphatic rings. The number of carboxylic acids is 1. The van der Waals surface area contributed by atoms with E-state index in [1.807, 2.05) is 0 Å². The molecule has 1 aromatic rings. The number of carboxylic acid groups (broad SMARTS) is 1. The summed E-state index contributed by atoms with van der Waals surface area (Å²) in [6.45, 7) is -1.40. The number of halogens is 3. The molecule has 0 bridgehead atoms. The van der Waals surface area contributed by atoms with E-state index in [4.69, 9.17) is 5.11 Å². The second-order valence-corrected chi connectivity index (χ2v) is 3.59. The SMILES string of the molecule is O=C(O)/C=C/c1ccc(C(=O)NCC(F)(F)F)cc1. The third-order valence-electron chi connectivity index (χ3n) is 2.04. The molecule has 102 valence electrons. The van der Waals surface area contributed by atoms with Crippen LogP contribution in [0.1, 0.15) is 15.9 Å². The van der Waals surface area contributed by atoms with Gasteiger partial charge in [0.1, 0.15) is 6.54 Å². The summed E-state index contributed by atoms with van der Waals surface area (Å²) in [7, 11) is 0. The van der Waals surface area contributed by atoms with Crippen molar-refractivity contribution in [1.29, 1.82) is 0 Å². The van der Waals surface area contributed by atoms with Crippen LogP contribution in [-0.2, 0) is 4.79 Å². The van der Waals surface area contributed by atoms with Gasteiger partial charge in [0.25, 0.3) is 5.91 Å². The topological polar surface area (TPSA) is 66.4 Å². The summed E-state index contributed by atoms with van der Waals surface area (Å²) >= 11 is 0. The Kier molecular flexibility index (Phi) is 4.68. The van der Waals surface area contributed by atoms with E-state index in [9.17, 15) is 22.8 Å². The lowest BCUT2D eigenvalue weighted by atomic mass is 10.1. The van der Waals surface area contributed by atoms with Crippen molar-refractivity contribution in [2.24, 2.45) is 0 Å². The number of hydrogen-bond acceptors (Lipinski definition) is 2. The maximum Gasteiger partial charge on any atom is 0.405 e. The molecule has 0 saturated carbocycles. The van der Waals surface area contributed by atoms with Crippen LogP contribution >= 0.6 is 0 Å². The fourth-order valence-corrected chi connectivity index (χ4v) is 1.20. The third-order valence-corrected chi connectivity index (χ3v) is 2.04. The Hall–Kier alpha value is -2.31. The fourth-order valence-electron chi connectivity index (χ4n) is 1.20. The molecule has 0 heterocycles. The molecular weight excluding hydrogens is 263 g/mol. The van der Waals surface area contributed by atoms with E-state index in [1.165, 1.54) is 30.3 Å². The minimum Gasteiger partial charge on any atom is -0.478 e. The van der Waals surface area contributed by atoms with Crippen molar-refractivity contribution in [2.75, 3.05) is 6.54 Å². The maximum atomic E-state index is 11.9. The van der Waals surface area contributed by atoms with E-state index >= 15 is 0 Å². The summed E-state index contributed by atoms with van der Waals surface area (Å²) in [5.74, 6) is -1.96. The molecule has 2 N–H and O–H groups in total. The molecule has 0 fully saturated rings. The summed E-state index contributed by atoms with van der Waals surface area (Å²) in [5.41, 5.74) is 0.589. The quantitative estimate of drug-likeness (QED) is 0.825. The third kappa shape index (κ3) is 5.71. The molecule has 1 amide bonds. The van der Waals surface area contributed by atoms with Crippen molar-refractivity contribution in [3.05, 3.63) is 41.5 Å². The number of rotatable bonds is 4. The first-order valence-corrected chi connectivity index (χ1v) is 5.14. The van der Waals surface area contributed by atoms with E-state index in [1.54, 1.807) is 5.32 Å². The zero-order chi connectivity index (χ0) is 14.5. The number of carbonyl (C=O) groups is 2. The van der Waals surface area contributed by atoms with Gasteiger partial charge in [-0.25, -0.2) is 4.79 Å². The molecule has 0 atom stereocenters. The van der Waals surface area contributed by atoms with Crippen LogP contribution in [0.5, 0.6) is 0 Å². The number of benzene rings is 1. The molecule has 7 heteroatoms. The standard InChI is InChI=1S/C12H10F3NO3/c13-12(14,15)7-16-11(19)9-4-1-8(2-5-9)3-6-10(17)18/h1-6H,7H2,(H,16,19)(H,17,18)/b6-3+. The Balaban J connectivity index is 2.66. The average molecular weight is 273 g/mol. The van der Waals surface area contributed by atoms with Crippen molar-refractivity contribution in [3.63, 3.8) is 0 Å². The lowest BCUT2D eigenvalue weighted by molar-refractivity contribution is -0.131. The number of aliphatic carboxylic acids is 1. The summed E-state index contributed by atoms with van der Waals surface area (Å²) in [6.07, 6.45) is -2.24. The van der Waals surface area contributed by atoms with Crippen LogP contribution in [0.3, 0.4) is 0 Å². The molecule has 19 heavy (non-hydrogen) atoms. The zero-order valence-electron chi connectivity index (χ0n) is 9.57. The highest BCUT2D eigenvalue weighted by molar-refractivity contribution is 5.94.